The third-order valence-electron chi connectivity index (χ3n) is 5.15. The maximum absolute atomic E-state index is 12.4. The van der Waals surface area contributed by atoms with E-state index >= 15 is 0 Å². The molecule has 0 aliphatic carbocycles. The maximum atomic E-state index is 12.4. The molecule has 0 spiro atoms. The van der Waals surface area contributed by atoms with E-state index in [1.807, 2.05) is 20.8 Å². The largest absolute Gasteiger partial charge is 0.350 e. The Morgan fingerprint density at radius 1 is 0.692 bits per heavy atom. The van der Waals surface area contributed by atoms with Crippen molar-refractivity contribution in [3.05, 3.63) is 0 Å². The maximum Gasteiger partial charge on any atom is 0.234 e. The summed E-state index contributed by atoms with van der Waals surface area (Å²) >= 11 is 0. The zero-order chi connectivity index (χ0) is 19.6. The van der Waals surface area contributed by atoms with Crippen molar-refractivity contribution in [3.8, 4) is 0 Å². The smallest absolute Gasteiger partial charge is 0.234 e. The molecule has 0 unspecified atom stereocenters. The summed E-state index contributed by atoms with van der Waals surface area (Å²) in [5.74, 6) is 0.132. The van der Waals surface area contributed by atoms with E-state index in [1.54, 1.807) is 0 Å². The summed E-state index contributed by atoms with van der Waals surface area (Å²) in [6.07, 6.45) is 0. The second kappa shape index (κ2) is 11.9. The molecule has 1 rings (SSSR count). The molecule has 0 aromatic rings. The van der Waals surface area contributed by atoms with Crippen LogP contribution in [-0.4, -0.2) is 110 Å². The molecule has 0 bridgehead atoms. The van der Waals surface area contributed by atoms with Crippen molar-refractivity contribution in [1.82, 2.24) is 24.9 Å². The van der Waals surface area contributed by atoms with Crippen molar-refractivity contribution in [3.63, 3.8) is 0 Å². The minimum absolute atomic E-state index is 0.132. The second-order valence-corrected chi connectivity index (χ2v) is 8.38. The molecule has 1 saturated heterocycles. The third-order valence-corrected chi connectivity index (χ3v) is 5.15. The van der Waals surface area contributed by atoms with Gasteiger partial charge in [-0.15, -0.1) is 0 Å². The van der Waals surface area contributed by atoms with E-state index in [-0.39, 0.29) is 11.4 Å². The lowest BCUT2D eigenvalue weighted by atomic mass is 10.1. The van der Waals surface area contributed by atoms with Gasteiger partial charge in [0.15, 0.2) is 0 Å². The van der Waals surface area contributed by atoms with Crippen LogP contribution in [0.25, 0.3) is 0 Å². The van der Waals surface area contributed by atoms with Gasteiger partial charge in [-0.3, -0.25) is 9.69 Å². The summed E-state index contributed by atoms with van der Waals surface area (Å²) in [6, 6.07) is 0. The normalized spacial score (nSPS) is 21.2. The zero-order valence-electron chi connectivity index (χ0n) is 18.2. The van der Waals surface area contributed by atoms with Crippen molar-refractivity contribution in [2.75, 3.05) is 78.5 Å². The van der Waals surface area contributed by atoms with Gasteiger partial charge < -0.3 is 20.0 Å². The number of hydrogen-bond donors (Lipinski definition) is 1. The van der Waals surface area contributed by atoms with E-state index in [4.69, 9.17) is 0 Å². The van der Waals surface area contributed by atoms with Gasteiger partial charge in [-0.25, -0.2) is 0 Å². The summed E-state index contributed by atoms with van der Waals surface area (Å²) in [4.78, 5) is 22.3. The SMILES string of the molecule is CCN1CCN(CC)CCN(CC(=O)NC(C)(C)C)CCN(CC)CC1. The van der Waals surface area contributed by atoms with E-state index in [0.717, 1.165) is 72.0 Å². The number of amides is 1. The van der Waals surface area contributed by atoms with Crippen molar-refractivity contribution >= 4 is 5.91 Å². The Kier molecular flexibility index (Phi) is 10.7. The van der Waals surface area contributed by atoms with Crippen LogP contribution in [0, 0.1) is 0 Å². The van der Waals surface area contributed by atoms with Crippen molar-refractivity contribution in [2.45, 2.75) is 47.1 Å². The second-order valence-electron chi connectivity index (χ2n) is 8.38. The molecule has 1 heterocycles. The molecule has 0 aromatic carbocycles. The zero-order valence-corrected chi connectivity index (χ0v) is 18.2. The molecule has 0 aromatic heterocycles. The lowest BCUT2D eigenvalue weighted by Crippen LogP contribution is -2.50. The molecule has 0 atom stereocenters. The van der Waals surface area contributed by atoms with E-state index in [9.17, 15) is 4.79 Å². The van der Waals surface area contributed by atoms with Crippen LogP contribution in [0.3, 0.4) is 0 Å². The van der Waals surface area contributed by atoms with Crippen LogP contribution >= 0.6 is 0 Å². The molecule has 0 saturated carbocycles. The molecule has 6 nitrogen and oxygen atoms in total. The van der Waals surface area contributed by atoms with Crippen molar-refractivity contribution in [2.24, 2.45) is 0 Å². The lowest BCUT2D eigenvalue weighted by molar-refractivity contribution is -0.123. The molecule has 6 heteroatoms. The van der Waals surface area contributed by atoms with Crippen LogP contribution in [0.5, 0.6) is 0 Å². The highest BCUT2D eigenvalue weighted by atomic mass is 16.2. The third kappa shape index (κ3) is 9.86. The van der Waals surface area contributed by atoms with Gasteiger partial charge in [0.05, 0.1) is 6.54 Å². The highest BCUT2D eigenvalue weighted by Gasteiger charge is 2.19. The fraction of sp³-hybridized carbons (Fsp3) is 0.950. The van der Waals surface area contributed by atoms with Gasteiger partial charge in [0.25, 0.3) is 0 Å². The average Bonchev–Trinajstić information content (AvgIpc) is 2.56. The first-order valence-corrected chi connectivity index (χ1v) is 10.5. The summed E-state index contributed by atoms with van der Waals surface area (Å²) in [6.45, 7) is 25.0. The lowest BCUT2D eigenvalue weighted by Gasteiger charge is -2.33. The Hall–Kier alpha value is -0.690. The van der Waals surface area contributed by atoms with Crippen LogP contribution in [0.4, 0.5) is 0 Å². The van der Waals surface area contributed by atoms with Crippen LogP contribution in [0.2, 0.25) is 0 Å². The van der Waals surface area contributed by atoms with Gasteiger partial charge in [-0.05, 0) is 40.4 Å². The van der Waals surface area contributed by atoms with Gasteiger partial charge in [-0.1, -0.05) is 20.8 Å². The van der Waals surface area contributed by atoms with E-state index < -0.39 is 0 Å². The number of likely N-dealkylation sites (N-methyl/N-ethyl adjacent to an activating group) is 3. The van der Waals surface area contributed by atoms with Crippen molar-refractivity contribution in [1.29, 1.82) is 0 Å². The predicted octanol–water partition coefficient (Wildman–Crippen LogP) is 1.18. The van der Waals surface area contributed by atoms with Gasteiger partial charge in [0.1, 0.15) is 0 Å². The van der Waals surface area contributed by atoms with E-state index in [0.29, 0.717) is 6.54 Å². The number of rotatable bonds is 5. The van der Waals surface area contributed by atoms with Gasteiger partial charge in [-0.2, -0.15) is 0 Å². The van der Waals surface area contributed by atoms with E-state index in [2.05, 4.69) is 45.7 Å². The molecule has 154 valence electrons. The minimum Gasteiger partial charge on any atom is -0.350 e. The Morgan fingerprint density at radius 2 is 1.00 bits per heavy atom. The fourth-order valence-electron chi connectivity index (χ4n) is 3.35. The molecule has 26 heavy (non-hydrogen) atoms. The number of nitrogens with zero attached hydrogens (tertiary/aromatic N) is 4. The Balaban J connectivity index is 2.71. The fourth-order valence-corrected chi connectivity index (χ4v) is 3.35. The molecule has 1 amide bonds. The predicted molar refractivity (Wildman–Crippen MR) is 111 cm³/mol. The molecule has 0 radical (unpaired) electrons. The number of nitrogens with one attached hydrogen (secondary N) is 1. The average molecular weight is 370 g/mol. The number of hydrogen-bond acceptors (Lipinski definition) is 5. The monoisotopic (exact) mass is 369 g/mol. The Morgan fingerprint density at radius 3 is 1.27 bits per heavy atom. The molecular formula is C20H43N5O. The highest BCUT2D eigenvalue weighted by Crippen LogP contribution is 2.02. The Bertz CT molecular complexity index is 376. The van der Waals surface area contributed by atoms with Gasteiger partial charge >= 0.3 is 0 Å². The van der Waals surface area contributed by atoms with Gasteiger partial charge in [0.2, 0.25) is 5.91 Å². The quantitative estimate of drug-likeness (QED) is 0.788. The summed E-state index contributed by atoms with van der Waals surface area (Å²) in [7, 11) is 0. The summed E-state index contributed by atoms with van der Waals surface area (Å²) in [5.41, 5.74) is -0.169. The standard InChI is InChI=1S/C20H43N5O/c1-7-22-10-12-23(8-2)14-16-25(17-15-24(9-3)13-11-22)18-19(26)21-20(4,5)6/h7-18H2,1-6H3,(H,21,26). The topological polar surface area (TPSA) is 42.1 Å². The summed E-state index contributed by atoms with van der Waals surface area (Å²) in [5, 5.41) is 3.10. The molecular weight excluding hydrogens is 326 g/mol. The van der Waals surface area contributed by atoms with Gasteiger partial charge in [0, 0.05) is 57.9 Å². The first-order valence-electron chi connectivity index (χ1n) is 10.5. The number of carbonyl (C=O) groups is 1. The summed E-state index contributed by atoms with van der Waals surface area (Å²) < 4.78 is 0. The van der Waals surface area contributed by atoms with Crippen LogP contribution in [-0.2, 0) is 4.79 Å². The van der Waals surface area contributed by atoms with Crippen LogP contribution in [0.1, 0.15) is 41.5 Å². The Labute approximate surface area is 161 Å². The number of carbonyl (C=O) groups excluding carboxylic acids is 1. The molecule has 1 fully saturated rings. The van der Waals surface area contributed by atoms with Crippen LogP contribution in [0.15, 0.2) is 0 Å². The highest BCUT2D eigenvalue weighted by molar-refractivity contribution is 5.78. The van der Waals surface area contributed by atoms with E-state index in [1.165, 1.54) is 0 Å². The first-order chi connectivity index (χ1) is 12.3. The minimum atomic E-state index is -0.169. The molecule has 1 N–H and O–H groups in total. The first kappa shape index (κ1) is 23.3. The van der Waals surface area contributed by atoms with Crippen molar-refractivity contribution < 1.29 is 4.79 Å². The molecule has 1 aliphatic rings. The molecule has 1 aliphatic heterocycles. The van der Waals surface area contributed by atoms with Crippen LogP contribution < -0.4 is 5.32 Å².